The lowest BCUT2D eigenvalue weighted by molar-refractivity contribution is 0.101. The molecule has 3 rings (SSSR count). The topological polar surface area (TPSA) is 27.3 Å². The Morgan fingerprint density at radius 2 is 1.76 bits per heavy atom. The Labute approximate surface area is 179 Å². The van der Waals surface area contributed by atoms with Crippen LogP contribution in [-0.4, -0.2) is 27.1 Å². The van der Waals surface area contributed by atoms with E-state index in [0.717, 1.165) is 18.5 Å². The summed E-state index contributed by atoms with van der Waals surface area (Å²) >= 11 is 5.85. The monoisotopic (exact) mass is 413 g/mol. The van der Waals surface area contributed by atoms with Gasteiger partial charge in [0.25, 0.3) is 0 Å². The first-order chi connectivity index (χ1) is 13.5. The van der Waals surface area contributed by atoms with Crippen LogP contribution in [0.4, 0.5) is 10.1 Å². The van der Waals surface area contributed by atoms with E-state index in [4.69, 9.17) is 12.2 Å². The number of anilines is 1. The fraction of sp³-hybridized carbons (Fsp3) is 0.458. The summed E-state index contributed by atoms with van der Waals surface area (Å²) in [5, 5.41) is 7.75. The van der Waals surface area contributed by atoms with Crippen molar-refractivity contribution in [2.75, 3.05) is 5.32 Å². The molecular formula is C24H32FN3S. The van der Waals surface area contributed by atoms with Gasteiger partial charge in [-0.3, -0.25) is 0 Å². The third-order valence-corrected chi connectivity index (χ3v) is 5.77. The van der Waals surface area contributed by atoms with E-state index in [9.17, 15) is 4.39 Å². The molecule has 0 amide bonds. The highest BCUT2D eigenvalue weighted by Gasteiger charge is 2.40. The zero-order valence-corrected chi connectivity index (χ0v) is 18.9. The molecule has 5 heteroatoms. The minimum absolute atomic E-state index is 0.0289. The van der Waals surface area contributed by atoms with Crippen molar-refractivity contribution < 1.29 is 4.39 Å². The van der Waals surface area contributed by atoms with Crippen molar-refractivity contribution in [1.82, 2.24) is 10.2 Å². The van der Waals surface area contributed by atoms with E-state index < -0.39 is 0 Å². The number of hydrogen-bond donors (Lipinski definition) is 2. The summed E-state index contributed by atoms with van der Waals surface area (Å²) in [4.78, 5) is 2.17. The van der Waals surface area contributed by atoms with Crippen molar-refractivity contribution in [3.05, 3.63) is 65.5 Å². The lowest BCUT2D eigenvalue weighted by atomic mass is 9.79. The summed E-state index contributed by atoms with van der Waals surface area (Å²) in [6, 6.07) is 15.3. The average molecular weight is 414 g/mol. The molecule has 0 saturated carbocycles. The van der Waals surface area contributed by atoms with Gasteiger partial charge in [-0.1, -0.05) is 30.3 Å². The fourth-order valence-electron chi connectivity index (χ4n) is 4.58. The van der Waals surface area contributed by atoms with E-state index in [1.165, 1.54) is 11.6 Å². The van der Waals surface area contributed by atoms with Crippen molar-refractivity contribution in [2.45, 2.75) is 71.1 Å². The molecule has 1 saturated heterocycles. The summed E-state index contributed by atoms with van der Waals surface area (Å²) in [7, 11) is 0. The van der Waals surface area contributed by atoms with Crippen molar-refractivity contribution in [2.24, 2.45) is 0 Å². The first kappa shape index (κ1) is 21.7. The highest BCUT2D eigenvalue weighted by molar-refractivity contribution is 7.80. The average Bonchev–Trinajstić information content (AvgIpc) is 2.58. The SMILES string of the molecule is Cc1cccc(NC(=S)N(Cc2ccccc2F)C2CC(C)(C)NC(C)(C)C2)c1. The minimum Gasteiger partial charge on any atom is -0.341 e. The van der Waals surface area contributed by atoms with E-state index in [-0.39, 0.29) is 22.9 Å². The number of hydrogen-bond acceptors (Lipinski definition) is 2. The lowest BCUT2D eigenvalue weighted by Gasteiger charge is -2.50. The summed E-state index contributed by atoms with van der Waals surface area (Å²) in [6.07, 6.45) is 1.86. The van der Waals surface area contributed by atoms with Crippen LogP contribution in [0, 0.1) is 12.7 Å². The Balaban J connectivity index is 1.90. The predicted molar refractivity (Wildman–Crippen MR) is 124 cm³/mol. The zero-order chi connectivity index (χ0) is 21.2. The van der Waals surface area contributed by atoms with Gasteiger partial charge >= 0.3 is 0 Å². The number of nitrogens with zero attached hydrogens (tertiary/aromatic N) is 1. The van der Waals surface area contributed by atoms with Gasteiger partial charge in [-0.05, 0) is 83.4 Å². The van der Waals surface area contributed by atoms with Gasteiger partial charge in [-0.15, -0.1) is 0 Å². The zero-order valence-electron chi connectivity index (χ0n) is 18.1. The molecule has 0 bridgehead atoms. The molecule has 1 aliphatic rings. The summed E-state index contributed by atoms with van der Waals surface area (Å²) in [5.74, 6) is -0.191. The molecule has 0 unspecified atom stereocenters. The molecule has 2 aromatic carbocycles. The van der Waals surface area contributed by atoms with Crippen molar-refractivity contribution >= 4 is 23.0 Å². The van der Waals surface area contributed by atoms with Gasteiger partial charge in [0, 0.05) is 34.9 Å². The van der Waals surface area contributed by atoms with E-state index in [1.54, 1.807) is 6.07 Å². The van der Waals surface area contributed by atoms with E-state index in [1.807, 2.05) is 24.3 Å². The first-order valence-corrected chi connectivity index (χ1v) is 10.6. The summed E-state index contributed by atoms with van der Waals surface area (Å²) in [5.41, 5.74) is 2.73. The molecule has 2 N–H and O–H groups in total. The van der Waals surface area contributed by atoms with Crippen molar-refractivity contribution in [3.8, 4) is 0 Å². The molecule has 1 fully saturated rings. The van der Waals surface area contributed by atoms with Crippen LogP contribution in [0.3, 0.4) is 0 Å². The molecule has 0 aliphatic carbocycles. The molecule has 0 aromatic heterocycles. The Hall–Kier alpha value is -1.98. The Bertz CT molecular complexity index is 862. The van der Waals surface area contributed by atoms with Crippen LogP contribution >= 0.6 is 12.2 Å². The van der Waals surface area contributed by atoms with Crippen LogP contribution in [-0.2, 0) is 6.54 Å². The fourth-order valence-corrected chi connectivity index (χ4v) is 4.92. The standard InChI is InChI=1S/C24H32FN3S/c1-17-9-8-11-19(13-17)26-22(29)28(16-18-10-6-7-12-21(18)25)20-14-23(2,3)27-24(4,5)15-20/h6-13,20,27H,14-16H2,1-5H3,(H,26,29). The highest BCUT2D eigenvalue weighted by atomic mass is 32.1. The Morgan fingerprint density at radius 3 is 2.38 bits per heavy atom. The van der Waals surface area contributed by atoms with Gasteiger partial charge in [0.15, 0.2) is 5.11 Å². The smallest absolute Gasteiger partial charge is 0.173 e. The van der Waals surface area contributed by atoms with Gasteiger partial charge in [-0.25, -0.2) is 4.39 Å². The van der Waals surface area contributed by atoms with Gasteiger partial charge in [0.05, 0.1) is 0 Å². The van der Waals surface area contributed by atoms with E-state index in [2.05, 4.69) is 62.3 Å². The minimum atomic E-state index is -0.191. The Kier molecular flexibility index (Phi) is 6.30. The van der Waals surface area contributed by atoms with Crippen LogP contribution in [0.15, 0.2) is 48.5 Å². The van der Waals surface area contributed by atoms with Crippen LogP contribution in [0.5, 0.6) is 0 Å². The molecule has 1 heterocycles. The van der Waals surface area contributed by atoms with Crippen molar-refractivity contribution in [1.29, 1.82) is 0 Å². The second-order valence-corrected chi connectivity index (χ2v) is 9.86. The lowest BCUT2D eigenvalue weighted by Crippen LogP contribution is -2.63. The van der Waals surface area contributed by atoms with Gasteiger partial charge < -0.3 is 15.5 Å². The molecule has 0 atom stereocenters. The number of thiocarbonyl (C=S) groups is 1. The summed E-state index contributed by atoms with van der Waals surface area (Å²) in [6.45, 7) is 11.4. The van der Waals surface area contributed by atoms with E-state index >= 15 is 0 Å². The first-order valence-electron chi connectivity index (χ1n) is 10.2. The number of nitrogens with one attached hydrogen (secondary N) is 2. The molecule has 156 valence electrons. The van der Waals surface area contributed by atoms with Gasteiger partial charge in [0.1, 0.15) is 5.82 Å². The second kappa shape index (κ2) is 8.41. The van der Waals surface area contributed by atoms with Gasteiger partial charge in [-0.2, -0.15) is 0 Å². The van der Waals surface area contributed by atoms with Gasteiger partial charge in [0.2, 0.25) is 0 Å². The molecular weight excluding hydrogens is 381 g/mol. The quantitative estimate of drug-likeness (QED) is 0.634. The molecule has 1 aliphatic heterocycles. The molecule has 3 nitrogen and oxygen atoms in total. The molecule has 0 radical (unpaired) electrons. The van der Waals surface area contributed by atoms with Crippen LogP contribution < -0.4 is 10.6 Å². The highest BCUT2D eigenvalue weighted by Crippen LogP contribution is 2.33. The van der Waals surface area contributed by atoms with Crippen LogP contribution in [0.25, 0.3) is 0 Å². The number of benzene rings is 2. The predicted octanol–water partition coefficient (Wildman–Crippen LogP) is 5.64. The summed E-state index contributed by atoms with van der Waals surface area (Å²) < 4.78 is 14.5. The van der Waals surface area contributed by atoms with Crippen LogP contribution in [0.1, 0.15) is 51.7 Å². The number of rotatable bonds is 4. The Morgan fingerprint density at radius 1 is 1.10 bits per heavy atom. The third-order valence-electron chi connectivity index (χ3n) is 5.44. The molecule has 29 heavy (non-hydrogen) atoms. The second-order valence-electron chi connectivity index (χ2n) is 9.47. The number of aryl methyl sites for hydroxylation is 1. The largest absolute Gasteiger partial charge is 0.341 e. The maximum atomic E-state index is 14.5. The van der Waals surface area contributed by atoms with Crippen LogP contribution in [0.2, 0.25) is 0 Å². The maximum Gasteiger partial charge on any atom is 0.173 e. The number of piperidine rings is 1. The molecule has 0 spiro atoms. The van der Waals surface area contributed by atoms with E-state index in [0.29, 0.717) is 17.2 Å². The van der Waals surface area contributed by atoms with Crippen molar-refractivity contribution in [3.63, 3.8) is 0 Å². The normalized spacial score (nSPS) is 18.3. The molecule has 2 aromatic rings. The third kappa shape index (κ3) is 5.77. The maximum absolute atomic E-state index is 14.5. The number of halogens is 1.